The number of nitrogens with zero attached hydrogens (tertiary/aromatic N) is 4. The molecule has 1 saturated carbocycles. The zero-order chi connectivity index (χ0) is 14.9. The summed E-state index contributed by atoms with van der Waals surface area (Å²) in [5.74, 6) is 2.61. The second-order valence-corrected chi connectivity index (χ2v) is 6.08. The summed E-state index contributed by atoms with van der Waals surface area (Å²) in [6, 6.07) is 1.79. The number of aryl methyl sites for hydroxylation is 1. The molecule has 0 radical (unpaired) electrons. The lowest BCUT2D eigenvalue weighted by Crippen LogP contribution is -2.39. The monoisotopic (exact) mass is 287 g/mol. The molecule has 0 atom stereocenters. The third kappa shape index (κ3) is 2.68. The summed E-state index contributed by atoms with van der Waals surface area (Å²) in [6.45, 7) is 4.67. The number of hydrogen-bond acceptors (Lipinski definition) is 6. The van der Waals surface area contributed by atoms with E-state index in [9.17, 15) is 0 Å². The van der Waals surface area contributed by atoms with Gasteiger partial charge in [0.1, 0.15) is 11.5 Å². The van der Waals surface area contributed by atoms with E-state index >= 15 is 0 Å². The van der Waals surface area contributed by atoms with Gasteiger partial charge in [-0.15, -0.1) is 0 Å². The highest BCUT2D eigenvalue weighted by Crippen LogP contribution is 2.40. The molecule has 1 aliphatic carbocycles. The Labute approximate surface area is 124 Å². The number of nitrogens with two attached hydrogens (primary N) is 1. The molecule has 2 N–H and O–H groups in total. The van der Waals surface area contributed by atoms with Crippen molar-refractivity contribution in [2.45, 2.75) is 44.9 Å². The topological polar surface area (TPSA) is 90.7 Å². The van der Waals surface area contributed by atoms with E-state index < -0.39 is 0 Å². The third-order valence-corrected chi connectivity index (χ3v) is 4.51. The molecule has 6 heteroatoms. The van der Waals surface area contributed by atoms with E-state index in [-0.39, 0.29) is 5.41 Å². The summed E-state index contributed by atoms with van der Waals surface area (Å²) in [4.78, 5) is 13.0. The van der Waals surface area contributed by atoms with Crippen molar-refractivity contribution in [3.8, 4) is 11.5 Å². The summed E-state index contributed by atoms with van der Waals surface area (Å²) in [6.07, 6.45) is 6.03. The van der Waals surface area contributed by atoms with Crippen LogP contribution >= 0.6 is 0 Å². The first-order chi connectivity index (χ1) is 10.1. The molecule has 3 rings (SSSR count). The maximum Gasteiger partial charge on any atom is 0.234 e. The third-order valence-electron chi connectivity index (χ3n) is 4.51. The highest BCUT2D eigenvalue weighted by Gasteiger charge is 2.39. The van der Waals surface area contributed by atoms with Crippen LogP contribution in [0.4, 0.5) is 0 Å². The molecule has 0 aromatic carbocycles. The molecule has 0 amide bonds. The van der Waals surface area contributed by atoms with Gasteiger partial charge in [-0.2, -0.15) is 4.98 Å². The average molecular weight is 287 g/mol. The molecule has 0 spiro atoms. The molecule has 6 nitrogen and oxygen atoms in total. The Morgan fingerprint density at radius 3 is 2.76 bits per heavy atom. The predicted octanol–water partition coefficient (Wildman–Crippen LogP) is 2.24. The predicted molar refractivity (Wildman–Crippen MR) is 78.4 cm³/mol. The molecule has 1 aliphatic rings. The van der Waals surface area contributed by atoms with Gasteiger partial charge in [-0.3, -0.25) is 0 Å². The lowest BCUT2D eigenvalue weighted by atomic mass is 9.71. The zero-order valence-corrected chi connectivity index (χ0v) is 12.5. The molecule has 0 saturated heterocycles. The van der Waals surface area contributed by atoms with E-state index in [1.54, 1.807) is 12.3 Å². The van der Waals surface area contributed by atoms with Gasteiger partial charge >= 0.3 is 0 Å². The Morgan fingerprint density at radius 1 is 1.33 bits per heavy atom. The molecule has 0 aliphatic heterocycles. The highest BCUT2D eigenvalue weighted by molar-refractivity contribution is 5.47. The summed E-state index contributed by atoms with van der Waals surface area (Å²) in [7, 11) is 0. The fourth-order valence-electron chi connectivity index (χ4n) is 2.94. The van der Waals surface area contributed by atoms with Crippen LogP contribution in [-0.4, -0.2) is 26.7 Å². The molecule has 0 bridgehead atoms. The second kappa shape index (κ2) is 5.52. The Balaban J connectivity index is 1.90. The van der Waals surface area contributed by atoms with E-state index in [0.29, 0.717) is 29.8 Å². The number of hydrogen-bond donors (Lipinski definition) is 1. The second-order valence-electron chi connectivity index (χ2n) is 6.08. The van der Waals surface area contributed by atoms with Crippen molar-refractivity contribution in [3.05, 3.63) is 24.0 Å². The van der Waals surface area contributed by atoms with Gasteiger partial charge in [0, 0.05) is 12.7 Å². The minimum absolute atomic E-state index is 0.167. The Hall–Kier alpha value is -1.82. The fraction of sp³-hybridized carbons (Fsp3) is 0.600. The smallest absolute Gasteiger partial charge is 0.234 e. The summed E-state index contributed by atoms with van der Waals surface area (Å²) in [5, 5.41) is 4.08. The molecular weight excluding hydrogens is 266 g/mol. The lowest BCUT2D eigenvalue weighted by Gasteiger charge is -2.35. The molecule has 1 fully saturated rings. The first kappa shape index (κ1) is 14.1. The van der Waals surface area contributed by atoms with E-state index in [0.717, 1.165) is 31.6 Å². The maximum absolute atomic E-state index is 6.03. The van der Waals surface area contributed by atoms with Crippen molar-refractivity contribution in [1.29, 1.82) is 0 Å². The van der Waals surface area contributed by atoms with Crippen molar-refractivity contribution in [1.82, 2.24) is 20.1 Å². The van der Waals surface area contributed by atoms with Gasteiger partial charge in [0.05, 0.1) is 5.41 Å². The van der Waals surface area contributed by atoms with Crippen molar-refractivity contribution in [2.24, 2.45) is 11.7 Å². The van der Waals surface area contributed by atoms with Gasteiger partial charge in [0.25, 0.3) is 0 Å². The molecule has 0 unspecified atom stereocenters. The van der Waals surface area contributed by atoms with Crippen LogP contribution in [0.5, 0.6) is 0 Å². The molecule has 2 aromatic rings. The first-order valence-corrected chi connectivity index (χ1v) is 7.47. The SMILES string of the molecule is Cc1nccc(-c2noc(C3(CN)CCC(C)CC3)n2)n1. The highest BCUT2D eigenvalue weighted by atomic mass is 16.5. The Bertz CT molecular complexity index is 616. The summed E-state index contributed by atoms with van der Waals surface area (Å²) >= 11 is 0. The largest absolute Gasteiger partial charge is 0.338 e. The molecule has 21 heavy (non-hydrogen) atoms. The zero-order valence-electron chi connectivity index (χ0n) is 12.5. The van der Waals surface area contributed by atoms with Crippen molar-refractivity contribution < 1.29 is 4.52 Å². The van der Waals surface area contributed by atoms with Gasteiger partial charge in [0.2, 0.25) is 11.7 Å². The Kier molecular flexibility index (Phi) is 3.71. The van der Waals surface area contributed by atoms with Gasteiger partial charge in [-0.1, -0.05) is 12.1 Å². The van der Waals surface area contributed by atoms with Crippen molar-refractivity contribution in [2.75, 3.05) is 6.54 Å². The van der Waals surface area contributed by atoms with Crippen LogP contribution < -0.4 is 5.73 Å². The van der Waals surface area contributed by atoms with Crippen LogP contribution in [0.25, 0.3) is 11.5 Å². The number of aromatic nitrogens is 4. The van der Waals surface area contributed by atoms with Gasteiger partial charge in [-0.05, 0) is 44.6 Å². The van der Waals surface area contributed by atoms with Crippen LogP contribution in [0.3, 0.4) is 0 Å². The van der Waals surface area contributed by atoms with E-state index in [2.05, 4.69) is 27.0 Å². The molecule has 112 valence electrons. The summed E-state index contributed by atoms with van der Waals surface area (Å²) in [5.41, 5.74) is 6.56. The van der Waals surface area contributed by atoms with Crippen LogP contribution in [0, 0.1) is 12.8 Å². The maximum atomic E-state index is 6.03. The minimum Gasteiger partial charge on any atom is -0.338 e. The van der Waals surface area contributed by atoms with Crippen LogP contribution in [-0.2, 0) is 5.41 Å². The van der Waals surface area contributed by atoms with Crippen molar-refractivity contribution >= 4 is 0 Å². The van der Waals surface area contributed by atoms with Crippen molar-refractivity contribution in [3.63, 3.8) is 0 Å². The molecule has 2 heterocycles. The van der Waals surface area contributed by atoms with Crippen LogP contribution in [0.15, 0.2) is 16.8 Å². The quantitative estimate of drug-likeness (QED) is 0.931. The normalized spacial score (nSPS) is 26.0. The van der Waals surface area contributed by atoms with Gasteiger partial charge < -0.3 is 10.3 Å². The molecule has 2 aromatic heterocycles. The van der Waals surface area contributed by atoms with E-state index in [1.165, 1.54) is 0 Å². The van der Waals surface area contributed by atoms with Gasteiger partial charge in [-0.25, -0.2) is 9.97 Å². The first-order valence-electron chi connectivity index (χ1n) is 7.47. The van der Waals surface area contributed by atoms with Gasteiger partial charge in [0.15, 0.2) is 0 Å². The minimum atomic E-state index is -0.167. The lowest BCUT2D eigenvalue weighted by molar-refractivity contribution is 0.191. The van der Waals surface area contributed by atoms with E-state index in [1.807, 2.05) is 6.92 Å². The fourth-order valence-corrected chi connectivity index (χ4v) is 2.94. The molecular formula is C15H21N5O. The summed E-state index contributed by atoms with van der Waals surface area (Å²) < 4.78 is 5.53. The number of rotatable bonds is 3. The standard InChI is InChI=1S/C15H21N5O/c1-10-3-6-15(9-16,7-4-10)14-19-13(20-21-14)12-5-8-17-11(2)18-12/h5,8,10H,3-4,6-7,9,16H2,1-2H3. The van der Waals surface area contributed by atoms with Crippen LogP contribution in [0.2, 0.25) is 0 Å². The van der Waals surface area contributed by atoms with Crippen LogP contribution in [0.1, 0.15) is 44.3 Å². The average Bonchev–Trinajstić information content (AvgIpc) is 2.99. The Morgan fingerprint density at radius 2 is 2.10 bits per heavy atom. The van der Waals surface area contributed by atoms with E-state index in [4.69, 9.17) is 10.3 Å².